The normalized spacial score (nSPS) is 13.7. The predicted molar refractivity (Wildman–Crippen MR) is 103 cm³/mol. The van der Waals surface area contributed by atoms with Crippen molar-refractivity contribution in [3.05, 3.63) is 76.3 Å². The molecule has 0 aliphatic carbocycles. The molecule has 9 heteroatoms. The fraction of sp³-hybridized carbons (Fsp3) is 0.0500. The molecule has 1 aliphatic heterocycles. The molecule has 1 aliphatic rings. The number of nitrogens with zero attached hydrogens (tertiary/aromatic N) is 2. The summed E-state index contributed by atoms with van der Waals surface area (Å²) in [4.78, 5) is 30.0. The van der Waals surface area contributed by atoms with Gasteiger partial charge in [0.2, 0.25) is 0 Å². The minimum Gasteiger partial charge on any atom is -0.503 e. The summed E-state index contributed by atoms with van der Waals surface area (Å²) in [6, 6.07) is 8.96. The topological polar surface area (TPSA) is 82.5 Å². The van der Waals surface area contributed by atoms with Crippen LogP contribution in [0, 0.1) is 11.6 Å². The number of hydrogen-bond acceptors (Lipinski definition) is 6. The van der Waals surface area contributed by atoms with E-state index < -0.39 is 29.2 Å². The van der Waals surface area contributed by atoms with Crippen LogP contribution in [0.5, 0.6) is 5.75 Å². The van der Waals surface area contributed by atoms with E-state index in [0.29, 0.717) is 0 Å². The van der Waals surface area contributed by atoms with E-state index in [9.17, 15) is 18.4 Å². The standard InChI is InChI=1S/C20H13F2N3O3S/c21-14-5-13(6-15(22)19(14)27)24-16-7-18(26)25(20(16)28)8-11-1-3-12(4-2-11)17-9-29-10-23-17/h1-7,9-10,24,27H,8H2. The van der Waals surface area contributed by atoms with Gasteiger partial charge in [-0.05, 0) is 5.56 Å². The minimum atomic E-state index is -1.18. The minimum absolute atomic E-state index is 0.0506. The Bertz CT molecular complexity index is 1110. The summed E-state index contributed by atoms with van der Waals surface area (Å²) in [7, 11) is 0. The Hall–Kier alpha value is -3.59. The van der Waals surface area contributed by atoms with Gasteiger partial charge in [-0.15, -0.1) is 11.3 Å². The third-order valence-electron chi connectivity index (χ3n) is 4.33. The molecule has 6 nitrogen and oxygen atoms in total. The van der Waals surface area contributed by atoms with E-state index in [1.807, 2.05) is 17.5 Å². The van der Waals surface area contributed by atoms with Crippen molar-refractivity contribution >= 4 is 28.8 Å². The van der Waals surface area contributed by atoms with Crippen LogP contribution in [0.2, 0.25) is 0 Å². The molecule has 0 fully saturated rings. The zero-order valence-corrected chi connectivity index (χ0v) is 15.5. The van der Waals surface area contributed by atoms with Crippen molar-refractivity contribution in [3.8, 4) is 17.0 Å². The molecule has 1 aromatic heterocycles. The highest BCUT2D eigenvalue weighted by molar-refractivity contribution is 7.07. The first-order chi connectivity index (χ1) is 13.9. The van der Waals surface area contributed by atoms with Gasteiger partial charge in [-0.2, -0.15) is 0 Å². The number of rotatable bonds is 5. The van der Waals surface area contributed by atoms with Gasteiger partial charge in [0.25, 0.3) is 11.8 Å². The largest absolute Gasteiger partial charge is 0.503 e. The molecule has 2 N–H and O–H groups in total. The molecule has 0 bridgehead atoms. The Balaban J connectivity index is 1.47. The number of phenols is 1. The molecule has 146 valence electrons. The Morgan fingerprint density at radius 3 is 2.41 bits per heavy atom. The molecule has 3 aromatic rings. The van der Waals surface area contributed by atoms with Crippen molar-refractivity contribution in [1.29, 1.82) is 0 Å². The summed E-state index contributed by atoms with van der Waals surface area (Å²) in [5.74, 6) is -4.63. The summed E-state index contributed by atoms with van der Waals surface area (Å²) >= 11 is 1.49. The van der Waals surface area contributed by atoms with Crippen LogP contribution in [0.1, 0.15) is 5.56 Å². The van der Waals surface area contributed by atoms with Gasteiger partial charge in [0.1, 0.15) is 5.70 Å². The Morgan fingerprint density at radius 2 is 1.79 bits per heavy atom. The summed E-state index contributed by atoms with van der Waals surface area (Å²) in [5.41, 5.74) is 4.03. The molecule has 29 heavy (non-hydrogen) atoms. The number of amides is 2. The van der Waals surface area contributed by atoms with E-state index in [1.54, 1.807) is 17.6 Å². The molecular formula is C20H13F2N3O3S. The van der Waals surface area contributed by atoms with Crippen LogP contribution in [0.4, 0.5) is 14.5 Å². The third kappa shape index (κ3) is 3.72. The van der Waals surface area contributed by atoms with Crippen molar-refractivity contribution in [2.45, 2.75) is 6.54 Å². The first-order valence-electron chi connectivity index (χ1n) is 8.42. The van der Waals surface area contributed by atoms with Gasteiger partial charge in [0, 0.05) is 34.8 Å². The second-order valence-electron chi connectivity index (χ2n) is 6.27. The fourth-order valence-electron chi connectivity index (χ4n) is 2.86. The SMILES string of the molecule is O=C1C=C(Nc2cc(F)c(O)c(F)c2)C(=O)N1Cc1ccc(-c2cscn2)cc1. The van der Waals surface area contributed by atoms with Crippen LogP contribution in [-0.2, 0) is 16.1 Å². The van der Waals surface area contributed by atoms with Crippen molar-refractivity contribution in [1.82, 2.24) is 9.88 Å². The monoisotopic (exact) mass is 413 g/mol. The number of thiazole rings is 1. The molecule has 0 saturated heterocycles. The van der Waals surface area contributed by atoms with Crippen LogP contribution in [-0.4, -0.2) is 26.8 Å². The van der Waals surface area contributed by atoms with Crippen LogP contribution in [0.25, 0.3) is 11.3 Å². The third-order valence-corrected chi connectivity index (χ3v) is 4.91. The number of nitrogens with one attached hydrogen (secondary N) is 1. The number of carbonyl (C=O) groups excluding carboxylic acids is 2. The zero-order valence-electron chi connectivity index (χ0n) is 14.7. The van der Waals surface area contributed by atoms with Gasteiger partial charge in [-0.1, -0.05) is 24.3 Å². The highest BCUT2D eigenvalue weighted by Crippen LogP contribution is 2.27. The van der Waals surface area contributed by atoms with Gasteiger partial charge in [0.15, 0.2) is 17.4 Å². The lowest BCUT2D eigenvalue weighted by Crippen LogP contribution is -2.31. The quantitative estimate of drug-likeness (QED) is 0.493. The number of imide groups is 1. The van der Waals surface area contributed by atoms with E-state index in [4.69, 9.17) is 5.11 Å². The van der Waals surface area contributed by atoms with E-state index in [1.165, 1.54) is 11.3 Å². The number of benzene rings is 2. The van der Waals surface area contributed by atoms with E-state index in [0.717, 1.165) is 39.9 Å². The maximum absolute atomic E-state index is 13.5. The van der Waals surface area contributed by atoms with Gasteiger partial charge in [-0.3, -0.25) is 14.5 Å². The highest BCUT2D eigenvalue weighted by Gasteiger charge is 2.31. The number of phenolic OH excluding ortho intramolecular Hbond substituents is 1. The number of carbonyl (C=O) groups is 2. The van der Waals surface area contributed by atoms with Gasteiger partial charge < -0.3 is 10.4 Å². The van der Waals surface area contributed by atoms with Gasteiger partial charge in [0.05, 0.1) is 17.7 Å². The van der Waals surface area contributed by atoms with Crippen molar-refractivity contribution < 1.29 is 23.5 Å². The molecule has 2 aromatic carbocycles. The fourth-order valence-corrected chi connectivity index (χ4v) is 3.42. The number of halogens is 2. The zero-order chi connectivity index (χ0) is 20.5. The van der Waals surface area contributed by atoms with Crippen LogP contribution >= 0.6 is 11.3 Å². The van der Waals surface area contributed by atoms with Crippen LogP contribution in [0.3, 0.4) is 0 Å². The van der Waals surface area contributed by atoms with E-state index in [-0.39, 0.29) is 17.9 Å². The lowest BCUT2D eigenvalue weighted by molar-refractivity contribution is -0.137. The molecular weight excluding hydrogens is 400 g/mol. The lowest BCUT2D eigenvalue weighted by Gasteiger charge is -2.15. The number of aromatic hydroxyl groups is 1. The molecule has 0 atom stereocenters. The predicted octanol–water partition coefficient (Wildman–Crippen LogP) is 3.66. The molecule has 0 radical (unpaired) electrons. The van der Waals surface area contributed by atoms with E-state index >= 15 is 0 Å². The van der Waals surface area contributed by atoms with Crippen molar-refractivity contribution in [2.75, 3.05) is 5.32 Å². The average Bonchev–Trinajstić information content (AvgIpc) is 3.32. The highest BCUT2D eigenvalue weighted by atomic mass is 32.1. The average molecular weight is 413 g/mol. The maximum atomic E-state index is 13.5. The summed E-state index contributed by atoms with van der Waals surface area (Å²) in [6.45, 7) is 0.0506. The molecule has 0 unspecified atom stereocenters. The molecule has 2 amide bonds. The molecule has 0 saturated carbocycles. The summed E-state index contributed by atoms with van der Waals surface area (Å²) < 4.78 is 26.9. The first kappa shape index (κ1) is 18.8. The van der Waals surface area contributed by atoms with Gasteiger partial charge in [-0.25, -0.2) is 13.8 Å². The van der Waals surface area contributed by atoms with Crippen molar-refractivity contribution in [3.63, 3.8) is 0 Å². The maximum Gasteiger partial charge on any atom is 0.277 e. The number of aromatic nitrogens is 1. The summed E-state index contributed by atoms with van der Waals surface area (Å²) in [6.07, 6.45) is 1.06. The van der Waals surface area contributed by atoms with Crippen LogP contribution in [0.15, 0.2) is 59.1 Å². The second kappa shape index (κ2) is 7.44. The molecule has 4 rings (SSSR count). The van der Waals surface area contributed by atoms with Crippen molar-refractivity contribution in [2.24, 2.45) is 0 Å². The molecule has 2 heterocycles. The lowest BCUT2D eigenvalue weighted by atomic mass is 10.1. The second-order valence-corrected chi connectivity index (χ2v) is 6.99. The Kier molecular flexibility index (Phi) is 4.81. The number of hydrogen-bond donors (Lipinski definition) is 2. The first-order valence-corrected chi connectivity index (χ1v) is 9.36. The van der Waals surface area contributed by atoms with Crippen LogP contribution < -0.4 is 5.32 Å². The van der Waals surface area contributed by atoms with Gasteiger partial charge >= 0.3 is 0 Å². The Morgan fingerprint density at radius 1 is 1.10 bits per heavy atom. The smallest absolute Gasteiger partial charge is 0.277 e. The van der Waals surface area contributed by atoms with E-state index in [2.05, 4.69) is 10.3 Å². The summed E-state index contributed by atoms with van der Waals surface area (Å²) in [5, 5.41) is 13.6. The Labute approximate surface area is 167 Å². The number of anilines is 1. The molecule has 0 spiro atoms.